The maximum atomic E-state index is 12.8. The molecule has 24 heavy (non-hydrogen) atoms. The summed E-state index contributed by atoms with van der Waals surface area (Å²) in [6, 6.07) is 5.28. The third kappa shape index (κ3) is 4.41. The monoisotopic (exact) mass is 352 g/mol. The predicted molar refractivity (Wildman–Crippen MR) is 93.4 cm³/mol. The van der Waals surface area contributed by atoms with Crippen molar-refractivity contribution in [3.63, 3.8) is 0 Å². The standard InChI is InChI=1S/C18H25ClN2O3/c19-16-11-14(4-5-17(16)22)12-18(23)21-6-2-1-3-15(21)13-20-7-9-24-10-8-20/h4-5,11,15,22H,1-3,6-10,12-13H2/t15-/m0/s1. The van der Waals surface area contributed by atoms with Crippen LogP contribution in [-0.2, 0) is 16.0 Å². The van der Waals surface area contributed by atoms with Gasteiger partial charge in [0, 0.05) is 32.2 Å². The van der Waals surface area contributed by atoms with E-state index in [-0.39, 0.29) is 17.7 Å². The molecule has 0 aromatic heterocycles. The second-order valence-electron chi connectivity index (χ2n) is 6.61. The highest BCUT2D eigenvalue weighted by atomic mass is 35.5. The van der Waals surface area contributed by atoms with E-state index in [2.05, 4.69) is 4.90 Å². The molecule has 0 unspecified atom stereocenters. The van der Waals surface area contributed by atoms with Crippen LogP contribution in [0.25, 0.3) is 0 Å². The van der Waals surface area contributed by atoms with Gasteiger partial charge in [0.05, 0.1) is 24.7 Å². The Hall–Kier alpha value is -1.30. The number of ether oxygens (including phenoxy) is 1. The van der Waals surface area contributed by atoms with Crippen molar-refractivity contribution in [2.75, 3.05) is 39.4 Å². The Morgan fingerprint density at radius 2 is 2.04 bits per heavy atom. The molecule has 1 aromatic carbocycles. The van der Waals surface area contributed by atoms with Crippen molar-refractivity contribution >= 4 is 17.5 Å². The molecule has 6 heteroatoms. The first-order valence-corrected chi connectivity index (χ1v) is 9.08. The van der Waals surface area contributed by atoms with Crippen molar-refractivity contribution in [2.45, 2.75) is 31.7 Å². The zero-order chi connectivity index (χ0) is 16.9. The molecule has 2 saturated heterocycles. The average molecular weight is 353 g/mol. The minimum atomic E-state index is 0.0519. The van der Waals surface area contributed by atoms with Crippen molar-refractivity contribution in [1.82, 2.24) is 9.80 Å². The van der Waals surface area contributed by atoms with Crippen LogP contribution in [0.1, 0.15) is 24.8 Å². The number of phenolic OH excluding ortho intramolecular Hbond substituents is 1. The summed E-state index contributed by atoms with van der Waals surface area (Å²) in [5.41, 5.74) is 0.846. The topological polar surface area (TPSA) is 53.0 Å². The van der Waals surface area contributed by atoms with E-state index in [1.54, 1.807) is 18.2 Å². The lowest BCUT2D eigenvalue weighted by atomic mass is 10.00. The Morgan fingerprint density at radius 1 is 1.25 bits per heavy atom. The number of piperidine rings is 1. The number of likely N-dealkylation sites (tertiary alicyclic amines) is 1. The predicted octanol–water partition coefficient (Wildman–Crippen LogP) is 2.30. The number of halogens is 1. The van der Waals surface area contributed by atoms with Crippen molar-refractivity contribution in [1.29, 1.82) is 0 Å². The Morgan fingerprint density at radius 3 is 2.79 bits per heavy atom. The van der Waals surface area contributed by atoms with Gasteiger partial charge in [-0.3, -0.25) is 9.69 Å². The second-order valence-corrected chi connectivity index (χ2v) is 7.02. The van der Waals surface area contributed by atoms with Crippen LogP contribution in [0.15, 0.2) is 18.2 Å². The third-order valence-electron chi connectivity index (χ3n) is 4.89. The number of phenols is 1. The van der Waals surface area contributed by atoms with Crippen LogP contribution in [-0.4, -0.2) is 66.2 Å². The van der Waals surface area contributed by atoms with E-state index >= 15 is 0 Å². The van der Waals surface area contributed by atoms with E-state index in [0.717, 1.165) is 57.8 Å². The highest BCUT2D eigenvalue weighted by molar-refractivity contribution is 6.32. The van der Waals surface area contributed by atoms with Gasteiger partial charge < -0.3 is 14.7 Å². The van der Waals surface area contributed by atoms with Gasteiger partial charge in [-0.15, -0.1) is 0 Å². The lowest BCUT2D eigenvalue weighted by molar-refractivity contribution is -0.134. The fourth-order valence-electron chi connectivity index (χ4n) is 3.54. The largest absolute Gasteiger partial charge is 0.506 e. The molecule has 1 atom stereocenters. The van der Waals surface area contributed by atoms with Gasteiger partial charge in [0.1, 0.15) is 5.75 Å². The molecule has 2 aliphatic heterocycles. The van der Waals surface area contributed by atoms with Crippen LogP contribution in [0.5, 0.6) is 5.75 Å². The summed E-state index contributed by atoms with van der Waals surface area (Å²) >= 11 is 5.95. The second kappa shape index (κ2) is 8.19. The van der Waals surface area contributed by atoms with Gasteiger partial charge in [-0.1, -0.05) is 17.7 Å². The van der Waals surface area contributed by atoms with Crippen molar-refractivity contribution in [3.8, 4) is 5.75 Å². The molecule has 1 aromatic rings. The number of carbonyl (C=O) groups excluding carboxylic acids is 1. The average Bonchev–Trinajstić information content (AvgIpc) is 2.59. The van der Waals surface area contributed by atoms with Gasteiger partial charge in [0.2, 0.25) is 5.91 Å². The summed E-state index contributed by atoms with van der Waals surface area (Å²) in [6.07, 6.45) is 3.66. The minimum Gasteiger partial charge on any atom is -0.506 e. The first-order valence-electron chi connectivity index (χ1n) is 8.70. The number of benzene rings is 1. The van der Waals surface area contributed by atoms with Crippen LogP contribution in [0.2, 0.25) is 5.02 Å². The Kier molecular flexibility index (Phi) is 5.98. The molecular weight excluding hydrogens is 328 g/mol. The minimum absolute atomic E-state index is 0.0519. The van der Waals surface area contributed by atoms with Crippen LogP contribution in [0.3, 0.4) is 0 Å². The molecule has 2 aliphatic rings. The maximum Gasteiger partial charge on any atom is 0.227 e. The first kappa shape index (κ1) is 17.5. The number of hydrogen-bond acceptors (Lipinski definition) is 4. The van der Waals surface area contributed by atoms with Gasteiger partial charge in [0.15, 0.2) is 0 Å². The molecule has 0 radical (unpaired) electrons. The van der Waals surface area contributed by atoms with Crippen LogP contribution in [0, 0.1) is 0 Å². The zero-order valence-corrected chi connectivity index (χ0v) is 14.7. The molecule has 0 saturated carbocycles. The maximum absolute atomic E-state index is 12.8. The highest BCUT2D eigenvalue weighted by Crippen LogP contribution is 2.25. The van der Waals surface area contributed by atoms with E-state index in [9.17, 15) is 9.90 Å². The number of aromatic hydroxyl groups is 1. The molecule has 1 amide bonds. The SMILES string of the molecule is O=C(Cc1ccc(O)c(Cl)c1)N1CCCC[C@H]1CN1CCOCC1. The summed E-state index contributed by atoms with van der Waals surface area (Å²) in [6.45, 7) is 5.24. The fourth-order valence-corrected chi connectivity index (χ4v) is 3.74. The van der Waals surface area contributed by atoms with Crippen molar-refractivity contribution in [2.24, 2.45) is 0 Å². The molecule has 5 nitrogen and oxygen atoms in total. The lowest BCUT2D eigenvalue weighted by Crippen LogP contribution is -2.51. The van der Waals surface area contributed by atoms with Crippen LogP contribution in [0.4, 0.5) is 0 Å². The smallest absolute Gasteiger partial charge is 0.227 e. The number of rotatable bonds is 4. The summed E-state index contributed by atoms with van der Waals surface area (Å²) in [5, 5.41) is 9.80. The third-order valence-corrected chi connectivity index (χ3v) is 5.19. The first-order chi connectivity index (χ1) is 11.6. The number of morpholine rings is 1. The van der Waals surface area contributed by atoms with E-state index < -0.39 is 0 Å². The Labute approximate surface area is 148 Å². The normalized spacial score (nSPS) is 22.5. The van der Waals surface area contributed by atoms with E-state index in [0.29, 0.717) is 11.4 Å². The molecule has 2 fully saturated rings. The molecule has 0 aliphatic carbocycles. The van der Waals surface area contributed by atoms with E-state index in [1.165, 1.54) is 6.42 Å². The van der Waals surface area contributed by atoms with Gasteiger partial charge in [0.25, 0.3) is 0 Å². The lowest BCUT2D eigenvalue weighted by Gasteiger charge is -2.39. The molecule has 2 heterocycles. The Bertz CT molecular complexity index is 575. The molecular formula is C18H25ClN2O3. The number of nitrogens with zero attached hydrogens (tertiary/aromatic N) is 2. The summed E-state index contributed by atoms with van der Waals surface area (Å²) < 4.78 is 5.41. The van der Waals surface area contributed by atoms with Gasteiger partial charge in [-0.05, 0) is 37.0 Å². The highest BCUT2D eigenvalue weighted by Gasteiger charge is 2.28. The van der Waals surface area contributed by atoms with Gasteiger partial charge in [-0.25, -0.2) is 0 Å². The summed E-state index contributed by atoms with van der Waals surface area (Å²) in [4.78, 5) is 17.2. The number of amides is 1. The molecule has 132 valence electrons. The van der Waals surface area contributed by atoms with Crippen molar-refractivity contribution < 1.29 is 14.6 Å². The van der Waals surface area contributed by atoms with E-state index in [1.807, 2.05) is 4.90 Å². The van der Waals surface area contributed by atoms with Crippen LogP contribution < -0.4 is 0 Å². The van der Waals surface area contributed by atoms with Gasteiger partial charge in [-0.2, -0.15) is 0 Å². The number of carbonyl (C=O) groups is 1. The Balaban J connectivity index is 1.62. The summed E-state index contributed by atoms with van der Waals surface area (Å²) in [7, 11) is 0. The fraction of sp³-hybridized carbons (Fsp3) is 0.611. The number of hydrogen-bond donors (Lipinski definition) is 1. The quantitative estimate of drug-likeness (QED) is 0.903. The molecule has 0 bridgehead atoms. The summed E-state index contributed by atoms with van der Waals surface area (Å²) in [5.74, 6) is 0.200. The van der Waals surface area contributed by atoms with Crippen molar-refractivity contribution in [3.05, 3.63) is 28.8 Å². The van der Waals surface area contributed by atoms with E-state index in [4.69, 9.17) is 16.3 Å². The molecule has 3 rings (SSSR count). The van der Waals surface area contributed by atoms with Crippen LogP contribution >= 0.6 is 11.6 Å². The van der Waals surface area contributed by atoms with Gasteiger partial charge >= 0.3 is 0 Å². The zero-order valence-electron chi connectivity index (χ0n) is 13.9. The molecule has 1 N–H and O–H groups in total. The molecule has 0 spiro atoms.